The Morgan fingerprint density at radius 3 is 2.78 bits per heavy atom. The molecule has 0 aliphatic carbocycles. The fraction of sp³-hybridized carbons (Fsp3) is 0.429. The summed E-state index contributed by atoms with van der Waals surface area (Å²) in [4.78, 5) is 26.6. The van der Waals surface area contributed by atoms with Crippen molar-refractivity contribution in [3.8, 4) is 0 Å². The van der Waals surface area contributed by atoms with E-state index in [4.69, 9.17) is 11.6 Å². The van der Waals surface area contributed by atoms with Gasteiger partial charge in [0.2, 0.25) is 15.9 Å². The first-order valence-electron chi connectivity index (χ1n) is 7.13. The largest absolute Gasteiger partial charge is 0.326 e. The predicted octanol–water partition coefficient (Wildman–Crippen LogP) is 0.814. The summed E-state index contributed by atoms with van der Waals surface area (Å²) in [5.74, 6) is -0.586. The molecule has 2 N–H and O–H groups in total. The van der Waals surface area contributed by atoms with Crippen LogP contribution in [0, 0.1) is 0 Å². The van der Waals surface area contributed by atoms with Crippen molar-refractivity contribution in [1.29, 1.82) is 0 Å². The van der Waals surface area contributed by atoms with Crippen molar-refractivity contribution in [2.75, 3.05) is 18.1 Å². The molecule has 0 bridgehead atoms. The molecule has 1 fully saturated rings. The Balaban J connectivity index is 1.90. The number of amides is 2. The summed E-state index contributed by atoms with van der Waals surface area (Å²) < 4.78 is 25.3. The number of hydrogen-bond donors (Lipinski definition) is 2. The molecular weight excluding hydrogens is 342 g/mol. The van der Waals surface area contributed by atoms with E-state index < -0.39 is 16.1 Å². The molecule has 9 heteroatoms. The molecule has 2 atom stereocenters. The number of anilines is 1. The third kappa shape index (κ3) is 3.34. The molecule has 2 aliphatic heterocycles. The lowest BCUT2D eigenvalue weighted by Crippen LogP contribution is -2.54. The third-order valence-corrected chi connectivity index (χ3v) is 5.01. The third-order valence-electron chi connectivity index (χ3n) is 4.02. The number of fused-ring (bicyclic) bond motifs is 2. The molecule has 124 valence electrons. The number of hydrogen-bond acceptors (Lipinski definition) is 4. The fourth-order valence-corrected chi connectivity index (χ4v) is 4.04. The van der Waals surface area contributed by atoms with Gasteiger partial charge >= 0.3 is 0 Å². The molecule has 7 nitrogen and oxygen atoms in total. The van der Waals surface area contributed by atoms with Gasteiger partial charge in [0.15, 0.2) is 0 Å². The Kier molecular flexibility index (Phi) is 4.07. The van der Waals surface area contributed by atoms with Gasteiger partial charge in [-0.15, -0.1) is 0 Å². The maximum atomic E-state index is 12.7. The first-order valence-corrected chi connectivity index (χ1v) is 9.40. The summed E-state index contributed by atoms with van der Waals surface area (Å²) in [7, 11) is -3.36. The van der Waals surface area contributed by atoms with E-state index in [0.717, 1.165) is 6.26 Å². The molecule has 1 aromatic rings. The molecule has 0 unspecified atom stereocenters. The number of carbonyl (C=O) groups excluding carboxylic acids is 2. The minimum atomic E-state index is -3.36. The number of rotatable bonds is 2. The highest BCUT2D eigenvalue weighted by Crippen LogP contribution is 2.30. The van der Waals surface area contributed by atoms with Crippen LogP contribution in [0.3, 0.4) is 0 Å². The van der Waals surface area contributed by atoms with Gasteiger partial charge in [-0.2, -0.15) is 0 Å². The van der Waals surface area contributed by atoms with Crippen molar-refractivity contribution in [3.63, 3.8) is 0 Å². The number of benzene rings is 1. The first-order chi connectivity index (χ1) is 10.7. The van der Waals surface area contributed by atoms with E-state index in [1.165, 1.54) is 11.0 Å². The standard InChI is InChI=1S/C14H16ClN3O4S/c1-23(21,22)17-9-4-5-18-12(7-9)13(19)16-11-6-8(15)2-3-10(11)14(18)20/h2-3,6,9,12,17H,4-5,7H2,1H3,(H,16,19)/t9-,12-/m0/s1. The first kappa shape index (κ1) is 16.2. The second kappa shape index (κ2) is 5.77. The van der Waals surface area contributed by atoms with Crippen LogP contribution < -0.4 is 10.0 Å². The SMILES string of the molecule is CS(=O)(=O)N[C@H]1CCN2C(=O)c3ccc(Cl)cc3NC(=O)[C@@H]2C1. The van der Waals surface area contributed by atoms with Crippen molar-refractivity contribution in [2.24, 2.45) is 0 Å². The highest BCUT2D eigenvalue weighted by atomic mass is 35.5. The van der Waals surface area contributed by atoms with Crippen LogP contribution >= 0.6 is 11.6 Å². The maximum absolute atomic E-state index is 12.7. The quantitative estimate of drug-likeness (QED) is 0.819. The second-order valence-corrected chi connectivity index (χ2v) is 8.02. The van der Waals surface area contributed by atoms with Gasteiger partial charge in [-0.05, 0) is 31.0 Å². The van der Waals surface area contributed by atoms with E-state index in [1.54, 1.807) is 12.1 Å². The Morgan fingerprint density at radius 2 is 2.09 bits per heavy atom. The molecule has 2 aliphatic rings. The second-order valence-electron chi connectivity index (χ2n) is 5.80. The maximum Gasteiger partial charge on any atom is 0.256 e. The van der Waals surface area contributed by atoms with Crippen molar-refractivity contribution in [1.82, 2.24) is 9.62 Å². The van der Waals surface area contributed by atoms with Crippen molar-refractivity contribution in [2.45, 2.75) is 24.9 Å². The van der Waals surface area contributed by atoms with Crippen LogP contribution in [0.2, 0.25) is 5.02 Å². The van der Waals surface area contributed by atoms with Crippen molar-refractivity contribution < 1.29 is 18.0 Å². The number of carbonyl (C=O) groups is 2. The van der Waals surface area contributed by atoms with Gasteiger partial charge in [0, 0.05) is 17.6 Å². The molecule has 0 spiro atoms. The molecular formula is C14H16ClN3O4S. The van der Waals surface area contributed by atoms with E-state index in [-0.39, 0.29) is 24.3 Å². The molecule has 23 heavy (non-hydrogen) atoms. The monoisotopic (exact) mass is 357 g/mol. The Labute approximate surface area is 139 Å². The van der Waals surface area contributed by atoms with Crippen molar-refractivity contribution in [3.05, 3.63) is 28.8 Å². The summed E-state index contributed by atoms with van der Waals surface area (Å²) in [6.45, 7) is 0.312. The summed E-state index contributed by atoms with van der Waals surface area (Å²) in [5, 5.41) is 3.14. The zero-order valence-electron chi connectivity index (χ0n) is 12.4. The number of nitrogens with zero attached hydrogens (tertiary/aromatic N) is 1. The Morgan fingerprint density at radius 1 is 1.35 bits per heavy atom. The molecule has 0 saturated carbocycles. The average Bonchev–Trinajstić information content (AvgIpc) is 2.53. The van der Waals surface area contributed by atoms with Crippen LogP contribution in [0.25, 0.3) is 0 Å². The van der Waals surface area contributed by atoms with Gasteiger partial charge in [0.1, 0.15) is 6.04 Å². The lowest BCUT2D eigenvalue weighted by atomic mass is 9.97. The number of nitrogens with one attached hydrogen (secondary N) is 2. The molecule has 1 saturated heterocycles. The Hall–Kier alpha value is -1.64. The highest BCUT2D eigenvalue weighted by molar-refractivity contribution is 7.88. The molecule has 0 aromatic heterocycles. The van der Waals surface area contributed by atoms with E-state index >= 15 is 0 Å². The van der Waals surface area contributed by atoms with E-state index in [9.17, 15) is 18.0 Å². The summed E-state index contributed by atoms with van der Waals surface area (Å²) in [5.41, 5.74) is 0.772. The minimum absolute atomic E-state index is 0.242. The average molecular weight is 358 g/mol. The molecule has 2 amide bonds. The lowest BCUT2D eigenvalue weighted by molar-refractivity contribution is -0.121. The van der Waals surface area contributed by atoms with E-state index in [2.05, 4.69) is 10.0 Å². The summed E-state index contributed by atoms with van der Waals surface area (Å²) >= 11 is 5.92. The fourth-order valence-electron chi connectivity index (χ4n) is 3.04. The van der Waals surface area contributed by atoms with Gasteiger partial charge in [0.05, 0.1) is 17.5 Å². The summed E-state index contributed by atoms with van der Waals surface area (Å²) in [6, 6.07) is 3.65. The predicted molar refractivity (Wildman–Crippen MR) is 85.9 cm³/mol. The number of piperidine rings is 1. The van der Waals surface area contributed by atoms with Gasteiger partial charge < -0.3 is 10.2 Å². The normalized spacial score (nSPS) is 24.5. The van der Waals surface area contributed by atoms with Crippen LogP contribution in [-0.4, -0.2) is 50.0 Å². The van der Waals surface area contributed by atoms with Crippen LogP contribution in [-0.2, 0) is 14.8 Å². The lowest BCUT2D eigenvalue weighted by Gasteiger charge is -2.37. The summed E-state index contributed by atoms with van der Waals surface area (Å²) in [6.07, 6.45) is 1.79. The Bertz CT molecular complexity index is 780. The molecule has 3 rings (SSSR count). The van der Waals surface area contributed by atoms with Crippen molar-refractivity contribution >= 4 is 39.1 Å². The zero-order chi connectivity index (χ0) is 16.8. The molecule has 2 heterocycles. The molecule has 0 radical (unpaired) electrons. The minimum Gasteiger partial charge on any atom is -0.326 e. The van der Waals surface area contributed by atoms with E-state index in [1.807, 2.05) is 0 Å². The van der Waals surface area contributed by atoms with E-state index in [0.29, 0.717) is 29.2 Å². The van der Waals surface area contributed by atoms with Crippen LogP contribution in [0.4, 0.5) is 5.69 Å². The molecule has 1 aromatic carbocycles. The van der Waals surface area contributed by atoms with Crippen LogP contribution in [0.1, 0.15) is 23.2 Å². The number of sulfonamides is 1. The zero-order valence-corrected chi connectivity index (χ0v) is 13.9. The number of halogens is 1. The van der Waals surface area contributed by atoms with Gasteiger partial charge in [-0.25, -0.2) is 13.1 Å². The topological polar surface area (TPSA) is 95.6 Å². The van der Waals surface area contributed by atoms with Gasteiger partial charge in [-0.3, -0.25) is 9.59 Å². The van der Waals surface area contributed by atoms with Crippen LogP contribution in [0.15, 0.2) is 18.2 Å². The smallest absolute Gasteiger partial charge is 0.256 e. The van der Waals surface area contributed by atoms with Crippen LogP contribution in [0.5, 0.6) is 0 Å². The van der Waals surface area contributed by atoms with Gasteiger partial charge in [0.25, 0.3) is 5.91 Å². The highest BCUT2D eigenvalue weighted by Gasteiger charge is 2.40. The van der Waals surface area contributed by atoms with Gasteiger partial charge in [-0.1, -0.05) is 11.6 Å².